The quantitative estimate of drug-likeness (QED) is 0.476. The summed E-state index contributed by atoms with van der Waals surface area (Å²) in [6.45, 7) is 4.93. The summed E-state index contributed by atoms with van der Waals surface area (Å²) in [6, 6.07) is 15.0. The lowest BCUT2D eigenvalue weighted by Crippen LogP contribution is -2.38. The standard InChI is InChI=1S/C25H31N5O4/c1-29-23(9-10-27-29)22-17-20(5-8-24(22)34-16-13-30-11-14-33-15-12-30)28-25(31)18-26-19-3-6-21(32-2)7-4-19/h3-10,17,26H,11-16,18H2,1-2H3,(H,28,31). The molecule has 1 fully saturated rings. The number of aromatic nitrogens is 2. The first-order valence-corrected chi connectivity index (χ1v) is 11.4. The number of hydrogen-bond donors (Lipinski definition) is 2. The third kappa shape index (κ3) is 6.27. The van der Waals surface area contributed by atoms with E-state index < -0.39 is 0 Å². The largest absolute Gasteiger partial charge is 0.497 e. The molecule has 0 radical (unpaired) electrons. The molecule has 9 nitrogen and oxygen atoms in total. The number of nitrogens with one attached hydrogen (secondary N) is 2. The molecule has 4 rings (SSSR count). The molecule has 3 aromatic rings. The fourth-order valence-electron chi connectivity index (χ4n) is 3.78. The number of methoxy groups -OCH3 is 1. The monoisotopic (exact) mass is 465 g/mol. The molecule has 0 unspecified atom stereocenters. The van der Waals surface area contributed by atoms with Crippen LogP contribution in [0.4, 0.5) is 11.4 Å². The van der Waals surface area contributed by atoms with Crippen molar-refractivity contribution in [1.82, 2.24) is 14.7 Å². The highest BCUT2D eigenvalue weighted by Crippen LogP contribution is 2.32. The molecule has 0 spiro atoms. The number of carbonyl (C=O) groups is 1. The van der Waals surface area contributed by atoms with Crippen LogP contribution < -0.4 is 20.1 Å². The second-order valence-electron chi connectivity index (χ2n) is 7.98. The van der Waals surface area contributed by atoms with Crippen molar-refractivity contribution in [3.8, 4) is 22.8 Å². The van der Waals surface area contributed by atoms with Gasteiger partial charge in [0, 0.05) is 49.8 Å². The highest BCUT2D eigenvalue weighted by Gasteiger charge is 2.14. The number of benzene rings is 2. The Hall–Kier alpha value is -3.56. The van der Waals surface area contributed by atoms with Gasteiger partial charge in [0.05, 0.1) is 32.6 Å². The minimum absolute atomic E-state index is 0.144. The molecule has 1 aliphatic heterocycles. The summed E-state index contributed by atoms with van der Waals surface area (Å²) in [5, 5.41) is 10.4. The van der Waals surface area contributed by atoms with E-state index in [4.69, 9.17) is 14.2 Å². The Kier molecular flexibility index (Phi) is 8.00. The van der Waals surface area contributed by atoms with Crippen molar-refractivity contribution in [2.24, 2.45) is 7.05 Å². The van der Waals surface area contributed by atoms with Crippen LogP contribution >= 0.6 is 0 Å². The van der Waals surface area contributed by atoms with Gasteiger partial charge in [-0.05, 0) is 48.5 Å². The van der Waals surface area contributed by atoms with E-state index in [-0.39, 0.29) is 12.5 Å². The van der Waals surface area contributed by atoms with Crippen molar-refractivity contribution in [3.05, 3.63) is 54.7 Å². The van der Waals surface area contributed by atoms with Crippen molar-refractivity contribution < 1.29 is 19.0 Å². The molecule has 2 aromatic carbocycles. The van der Waals surface area contributed by atoms with Gasteiger partial charge in [0.2, 0.25) is 5.91 Å². The fraction of sp³-hybridized carbons (Fsp3) is 0.360. The van der Waals surface area contributed by atoms with E-state index in [0.29, 0.717) is 12.3 Å². The maximum absolute atomic E-state index is 12.5. The molecule has 0 aliphatic carbocycles. The Morgan fingerprint density at radius 2 is 1.85 bits per heavy atom. The fourth-order valence-corrected chi connectivity index (χ4v) is 3.78. The lowest BCUT2D eigenvalue weighted by molar-refractivity contribution is -0.114. The van der Waals surface area contributed by atoms with Crippen LogP contribution in [-0.2, 0) is 16.6 Å². The number of carbonyl (C=O) groups excluding carboxylic acids is 1. The van der Waals surface area contributed by atoms with Gasteiger partial charge in [-0.1, -0.05) is 0 Å². The van der Waals surface area contributed by atoms with Gasteiger partial charge in [-0.3, -0.25) is 14.4 Å². The SMILES string of the molecule is COc1ccc(NCC(=O)Nc2ccc(OCCN3CCOCC3)c(-c3ccnn3C)c2)cc1. The molecule has 0 bridgehead atoms. The van der Waals surface area contributed by atoms with E-state index >= 15 is 0 Å². The number of amides is 1. The first-order chi connectivity index (χ1) is 16.6. The molecular weight excluding hydrogens is 434 g/mol. The van der Waals surface area contributed by atoms with E-state index in [0.717, 1.165) is 61.3 Å². The van der Waals surface area contributed by atoms with E-state index in [1.807, 2.05) is 55.6 Å². The van der Waals surface area contributed by atoms with Gasteiger partial charge < -0.3 is 24.8 Å². The molecule has 0 saturated carbocycles. The van der Waals surface area contributed by atoms with E-state index in [9.17, 15) is 4.79 Å². The van der Waals surface area contributed by atoms with Crippen LogP contribution in [0.25, 0.3) is 11.3 Å². The Balaban J connectivity index is 1.39. The highest BCUT2D eigenvalue weighted by molar-refractivity contribution is 5.94. The predicted octanol–water partition coefficient (Wildman–Crippen LogP) is 2.86. The van der Waals surface area contributed by atoms with Crippen LogP contribution in [0.2, 0.25) is 0 Å². The number of hydrogen-bond acceptors (Lipinski definition) is 7. The van der Waals surface area contributed by atoms with Crippen molar-refractivity contribution in [3.63, 3.8) is 0 Å². The Labute approximate surface area is 199 Å². The predicted molar refractivity (Wildman–Crippen MR) is 132 cm³/mol. The molecule has 0 atom stereocenters. The van der Waals surface area contributed by atoms with Crippen molar-refractivity contribution in [2.45, 2.75) is 0 Å². The molecule has 1 saturated heterocycles. The lowest BCUT2D eigenvalue weighted by atomic mass is 10.1. The van der Waals surface area contributed by atoms with E-state index in [1.54, 1.807) is 18.0 Å². The number of nitrogens with zero attached hydrogens (tertiary/aromatic N) is 3. The average molecular weight is 466 g/mol. The molecule has 1 amide bonds. The maximum Gasteiger partial charge on any atom is 0.243 e. The van der Waals surface area contributed by atoms with Crippen molar-refractivity contribution in [2.75, 3.05) is 63.7 Å². The number of aryl methyl sites for hydroxylation is 1. The van der Waals surface area contributed by atoms with Gasteiger partial charge in [-0.15, -0.1) is 0 Å². The average Bonchev–Trinajstić information content (AvgIpc) is 3.30. The Morgan fingerprint density at radius 1 is 1.09 bits per heavy atom. The first-order valence-electron chi connectivity index (χ1n) is 11.4. The second kappa shape index (κ2) is 11.5. The zero-order valence-corrected chi connectivity index (χ0v) is 19.6. The number of ether oxygens (including phenoxy) is 3. The minimum atomic E-state index is -0.146. The zero-order chi connectivity index (χ0) is 23.8. The lowest BCUT2D eigenvalue weighted by Gasteiger charge is -2.26. The molecule has 9 heteroatoms. The summed E-state index contributed by atoms with van der Waals surface area (Å²) < 4.78 is 18.5. The molecular formula is C25H31N5O4. The van der Waals surface area contributed by atoms with Crippen LogP contribution in [0.3, 0.4) is 0 Å². The Morgan fingerprint density at radius 3 is 2.56 bits per heavy atom. The summed E-state index contributed by atoms with van der Waals surface area (Å²) in [6.07, 6.45) is 1.75. The van der Waals surface area contributed by atoms with Gasteiger partial charge in [-0.25, -0.2) is 0 Å². The molecule has 34 heavy (non-hydrogen) atoms. The number of morpholine rings is 1. The highest BCUT2D eigenvalue weighted by atomic mass is 16.5. The summed E-state index contributed by atoms with van der Waals surface area (Å²) in [7, 11) is 3.51. The van der Waals surface area contributed by atoms with Crippen molar-refractivity contribution >= 4 is 17.3 Å². The van der Waals surface area contributed by atoms with E-state index in [2.05, 4.69) is 20.6 Å². The second-order valence-corrected chi connectivity index (χ2v) is 7.98. The first kappa shape index (κ1) is 23.6. The summed E-state index contributed by atoms with van der Waals surface area (Å²) in [5.74, 6) is 1.38. The minimum Gasteiger partial charge on any atom is -0.497 e. The molecule has 1 aliphatic rings. The Bertz CT molecular complexity index is 1080. The van der Waals surface area contributed by atoms with Crippen LogP contribution in [0.15, 0.2) is 54.7 Å². The molecule has 1 aromatic heterocycles. The van der Waals surface area contributed by atoms with E-state index in [1.165, 1.54) is 0 Å². The summed E-state index contributed by atoms with van der Waals surface area (Å²) in [5.41, 5.74) is 3.32. The van der Waals surface area contributed by atoms with Crippen LogP contribution in [0.1, 0.15) is 0 Å². The summed E-state index contributed by atoms with van der Waals surface area (Å²) in [4.78, 5) is 14.9. The number of anilines is 2. The van der Waals surface area contributed by atoms with Crippen LogP contribution in [-0.4, -0.2) is 73.7 Å². The van der Waals surface area contributed by atoms with Crippen molar-refractivity contribution in [1.29, 1.82) is 0 Å². The number of rotatable bonds is 10. The third-order valence-electron chi connectivity index (χ3n) is 5.67. The smallest absolute Gasteiger partial charge is 0.243 e. The summed E-state index contributed by atoms with van der Waals surface area (Å²) >= 11 is 0. The van der Waals surface area contributed by atoms with Gasteiger partial charge in [0.1, 0.15) is 18.1 Å². The van der Waals surface area contributed by atoms with Gasteiger partial charge >= 0.3 is 0 Å². The van der Waals surface area contributed by atoms with Crippen LogP contribution in [0, 0.1) is 0 Å². The van der Waals surface area contributed by atoms with Gasteiger partial charge in [0.25, 0.3) is 0 Å². The maximum atomic E-state index is 12.5. The molecule has 180 valence electrons. The third-order valence-corrected chi connectivity index (χ3v) is 5.67. The topological polar surface area (TPSA) is 89.9 Å². The van der Waals surface area contributed by atoms with Gasteiger partial charge in [-0.2, -0.15) is 5.10 Å². The normalized spacial score (nSPS) is 13.9. The zero-order valence-electron chi connectivity index (χ0n) is 19.6. The van der Waals surface area contributed by atoms with Crippen LogP contribution in [0.5, 0.6) is 11.5 Å². The molecule has 2 N–H and O–H groups in total. The van der Waals surface area contributed by atoms with Gasteiger partial charge in [0.15, 0.2) is 0 Å². The molecule has 2 heterocycles.